The first kappa shape index (κ1) is 22.6. The van der Waals surface area contributed by atoms with Crippen molar-refractivity contribution in [3.63, 3.8) is 0 Å². The van der Waals surface area contributed by atoms with Crippen LogP contribution in [0.3, 0.4) is 0 Å². The average Bonchev–Trinajstić information content (AvgIpc) is 3.34. The second-order valence-electron chi connectivity index (χ2n) is 8.75. The minimum absolute atomic E-state index is 0.0779. The number of benzene rings is 2. The van der Waals surface area contributed by atoms with Crippen molar-refractivity contribution >= 4 is 44.8 Å². The molecule has 0 radical (unpaired) electrons. The van der Waals surface area contributed by atoms with E-state index in [1.807, 2.05) is 6.92 Å². The van der Waals surface area contributed by atoms with Gasteiger partial charge in [-0.05, 0) is 85.9 Å². The Hall–Kier alpha value is -1.60. The third-order valence-corrected chi connectivity index (χ3v) is 8.89. The van der Waals surface area contributed by atoms with Crippen molar-refractivity contribution in [2.75, 3.05) is 5.32 Å². The topological polar surface area (TPSA) is 75.3 Å². The smallest absolute Gasteiger partial charge is 0.240 e. The molecule has 2 saturated carbocycles. The Morgan fingerprint density at radius 3 is 2.42 bits per heavy atom. The van der Waals surface area contributed by atoms with Crippen LogP contribution in [-0.2, 0) is 21.2 Å². The molecule has 2 aliphatic rings. The first-order valence-corrected chi connectivity index (χ1v) is 12.8. The monoisotopic (exact) mass is 480 g/mol. The summed E-state index contributed by atoms with van der Waals surface area (Å²) in [6.45, 7) is 1.97. The van der Waals surface area contributed by atoms with Gasteiger partial charge in [-0.15, -0.1) is 0 Å². The van der Waals surface area contributed by atoms with E-state index in [4.69, 9.17) is 23.2 Å². The maximum atomic E-state index is 12.8. The largest absolute Gasteiger partial charge is 0.326 e. The van der Waals surface area contributed by atoms with E-state index in [9.17, 15) is 13.2 Å². The first-order chi connectivity index (χ1) is 14.7. The van der Waals surface area contributed by atoms with Crippen molar-refractivity contribution in [2.45, 2.75) is 50.0 Å². The van der Waals surface area contributed by atoms with Gasteiger partial charge in [0.05, 0.1) is 21.4 Å². The summed E-state index contributed by atoms with van der Waals surface area (Å²) in [4.78, 5) is 12.5. The molecular weight excluding hydrogens is 455 g/mol. The molecule has 8 heteroatoms. The highest BCUT2D eigenvalue weighted by Gasteiger charge is 2.42. The molecule has 4 atom stereocenters. The van der Waals surface area contributed by atoms with Crippen molar-refractivity contribution in [1.29, 1.82) is 0 Å². The van der Waals surface area contributed by atoms with Gasteiger partial charge >= 0.3 is 0 Å². The summed E-state index contributed by atoms with van der Waals surface area (Å²) in [7, 11) is -3.61. The summed E-state index contributed by atoms with van der Waals surface area (Å²) in [5.74, 6) is 1.62. The molecule has 2 bridgehead atoms. The lowest BCUT2D eigenvalue weighted by Crippen LogP contribution is -2.40. The normalized spacial score (nSPS) is 23.6. The SMILES string of the molecule is C[C@H](NS(=O)(=O)c1ccc(NC(=O)Cc2ccc(Cl)c(Cl)c2)cc1)[C@@H]1C[C@@H]2CC[C@@H]1C2. The summed E-state index contributed by atoms with van der Waals surface area (Å²) < 4.78 is 28.5. The van der Waals surface area contributed by atoms with Gasteiger partial charge in [0.2, 0.25) is 15.9 Å². The van der Waals surface area contributed by atoms with E-state index in [1.54, 1.807) is 30.3 Å². The number of nitrogens with one attached hydrogen (secondary N) is 2. The van der Waals surface area contributed by atoms with Crippen LogP contribution in [0.1, 0.15) is 38.2 Å². The fourth-order valence-corrected chi connectivity index (χ4v) is 6.68. The zero-order chi connectivity index (χ0) is 22.2. The van der Waals surface area contributed by atoms with Crippen LogP contribution < -0.4 is 10.0 Å². The van der Waals surface area contributed by atoms with E-state index in [1.165, 1.54) is 31.4 Å². The molecule has 0 aliphatic heterocycles. The molecule has 2 N–H and O–H groups in total. The van der Waals surface area contributed by atoms with Crippen LogP contribution in [0.25, 0.3) is 0 Å². The van der Waals surface area contributed by atoms with Crippen molar-refractivity contribution in [2.24, 2.45) is 17.8 Å². The predicted octanol–water partition coefficient (Wildman–Crippen LogP) is 5.28. The molecule has 0 unspecified atom stereocenters. The van der Waals surface area contributed by atoms with E-state index >= 15 is 0 Å². The highest BCUT2D eigenvalue weighted by molar-refractivity contribution is 7.89. The second-order valence-corrected chi connectivity index (χ2v) is 11.3. The molecule has 5 nitrogen and oxygen atoms in total. The van der Waals surface area contributed by atoms with Gasteiger partial charge in [-0.1, -0.05) is 35.7 Å². The van der Waals surface area contributed by atoms with Crippen LogP contribution in [0, 0.1) is 17.8 Å². The van der Waals surface area contributed by atoms with Crippen LogP contribution in [0.2, 0.25) is 10.0 Å². The zero-order valence-corrected chi connectivity index (χ0v) is 19.6. The van der Waals surface area contributed by atoms with Crippen molar-refractivity contribution in [3.05, 3.63) is 58.1 Å². The lowest BCUT2D eigenvalue weighted by Gasteiger charge is -2.28. The summed E-state index contributed by atoms with van der Waals surface area (Å²) in [6, 6.07) is 11.2. The number of carbonyl (C=O) groups is 1. The molecule has 0 saturated heterocycles. The first-order valence-electron chi connectivity index (χ1n) is 10.6. The second kappa shape index (κ2) is 9.10. The Morgan fingerprint density at radius 1 is 1.06 bits per heavy atom. The minimum atomic E-state index is -3.61. The fourth-order valence-electron chi connectivity index (χ4n) is 5.06. The molecule has 2 fully saturated rings. The van der Waals surface area contributed by atoms with Gasteiger partial charge in [0.25, 0.3) is 0 Å². The van der Waals surface area contributed by atoms with Crippen LogP contribution in [0.5, 0.6) is 0 Å². The Kier molecular flexibility index (Phi) is 6.63. The van der Waals surface area contributed by atoms with E-state index in [2.05, 4.69) is 10.0 Å². The predicted molar refractivity (Wildman–Crippen MR) is 124 cm³/mol. The Morgan fingerprint density at radius 2 is 1.81 bits per heavy atom. The lowest BCUT2D eigenvalue weighted by molar-refractivity contribution is -0.115. The van der Waals surface area contributed by atoms with Crippen molar-refractivity contribution in [3.8, 4) is 0 Å². The average molecular weight is 481 g/mol. The van der Waals surface area contributed by atoms with Crippen molar-refractivity contribution in [1.82, 2.24) is 4.72 Å². The van der Waals surface area contributed by atoms with Gasteiger partial charge in [-0.2, -0.15) is 0 Å². The number of sulfonamides is 1. The number of hydrogen-bond donors (Lipinski definition) is 2. The van der Waals surface area contributed by atoms with E-state index in [-0.39, 0.29) is 23.3 Å². The summed E-state index contributed by atoms with van der Waals surface area (Å²) in [5, 5.41) is 3.61. The molecule has 166 valence electrons. The molecule has 1 amide bonds. The molecule has 0 heterocycles. The van der Waals surface area contributed by atoms with Gasteiger partial charge in [0, 0.05) is 11.7 Å². The van der Waals surface area contributed by atoms with E-state index in [0.29, 0.717) is 27.6 Å². The summed E-state index contributed by atoms with van der Waals surface area (Å²) in [6.07, 6.45) is 5.02. The van der Waals surface area contributed by atoms with Crippen LogP contribution in [-0.4, -0.2) is 20.4 Å². The zero-order valence-electron chi connectivity index (χ0n) is 17.3. The quantitative estimate of drug-likeness (QED) is 0.565. The van der Waals surface area contributed by atoms with Gasteiger partial charge in [0.15, 0.2) is 0 Å². The van der Waals surface area contributed by atoms with Gasteiger partial charge in [-0.25, -0.2) is 13.1 Å². The number of halogens is 2. The van der Waals surface area contributed by atoms with Crippen molar-refractivity contribution < 1.29 is 13.2 Å². The maximum absolute atomic E-state index is 12.8. The summed E-state index contributed by atoms with van der Waals surface area (Å²) in [5.41, 5.74) is 1.27. The van der Waals surface area contributed by atoms with Gasteiger partial charge in [-0.3, -0.25) is 4.79 Å². The number of hydrogen-bond acceptors (Lipinski definition) is 3. The molecule has 2 aliphatic carbocycles. The lowest BCUT2D eigenvalue weighted by atomic mass is 9.84. The Bertz CT molecular complexity index is 1070. The third-order valence-electron chi connectivity index (χ3n) is 6.57. The number of anilines is 1. The fraction of sp³-hybridized carbons (Fsp3) is 0.435. The number of fused-ring (bicyclic) bond motifs is 2. The molecule has 2 aromatic rings. The molecule has 0 spiro atoms. The van der Waals surface area contributed by atoms with Crippen LogP contribution >= 0.6 is 23.2 Å². The Labute approximate surface area is 193 Å². The molecule has 2 aromatic carbocycles. The van der Waals surface area contributed by atoms with Crippen LogP contribution in [0.15, 0.2) is 47.4 Å². The van der Waals surface area contributed by atoms with E-state index < -0.39 is 10.0 Å². The third kappa shape index (κ3) is 5.25. The molecular formula is C23H26Cl2N2O3S. The highest BCUT2D eigenvalue weighted by atomic mass is 35.5. The molecule has 4 rings (SSSR count). The minimum Gasteiger partial charge on any atom is -0.326 e. The van der Waals surface area contributed by atoms with Gasteiger partial charge in [0.1, 0.15) is 0 Å². The molecule has 31 heavy (non-hydrogen) atoms. The maximum Gasteiger partial charge on any atom is 0.240 e. The Balaban J connectivity index is 1.35. The summed E-state index contributed by atoms with van der Waals surface area (Å²) >= 11 is 11.9. The number of carbonyl (C=O) groups excluding carboxylic acids is 1. The van der Waals surface area contributed by atoms with E-state index in [0.717, 1.165) is 17.9 Å². The number of amides is 1. The van der Waals surface area contributed by atoms with Crippen LogP contribution in [0.4, 0.5) is 5.69 Å². The van der Waals surface area contributed by atoms with Gasteiger partial charge < -0.3 is 5.32 Å². The standard InChI is InChI=1S/C23H26Cl2N2O3S/c1-14(20-11-15-2-4-17(20)10-15)27-31(29,30)19-7-5-18(6-8-19)26-23(28)13-16-3-9-21(24)22(25)12-16/h3,5-9,12,14-15,17,20,27H,2,4,10-11,13H2,1H3,(H,26,28)/t14-,15+,17+,20-/m0/s1. The molecule has 0 aromatic heterocycles. The highest BCUT2D eigenvalue weighted by Crippen LogP contribution is 2.49. The number of rotatable bonds is 7.